The molecular formula is C17H14ClN3O3. The first-order chi connectivity index (χ1) is 11.7. The van der Waals surface area contributed by atoms with Crippen LogP contribution in [-0.4, -0.2) is 21.6 Å². The average Bonchev–Trinajstić information content (AvgIpc) is 3.22. The van der Waals surface area contributed by atoms with E-state index in [0.29, 0.717) is 23.1 Å². The molecule has 0 saturated carbocycles. The molecule has 0 amide bonds. The van der Waals surface area contributed by atoms with E-state index >= 15 is 0 Å². The fraction of sp³-hybridized carbons (Fsp3) is 0.176. The summed E-state index contributed by atoms with van der Waals surface area (Å²) in [5.41, 5.74) is 1.90. The van der Waals surface area contributed by atoms with Crippen molar-refractivity contribution in [1.82, 2.24) is 14.8 Å². The lowest BCUT2D eigenvalue weighted by Crippen LogP contribution is -1.97. The highest BCUT2D eigenvalue weighted by Gasteiger charge is 2.18. The summed E-state index contributed by atoms with van der Waals surface area (Å²) in [5.74, 6) is 2.81. The average molecular weight is 344 g/mol. The fourth-order valence-corrected chi connectivity index (χ4v) is 2.82. The van der Waals surface area contributed by atoms with Crippen molar-refractivity contribution in [3.63, 3.8) is 0 Å². The number of fused-ring (bicyclic) bond motifs is 1. The van der Waals surface area contributed by atoms with Crippen LogP contribution in [0.3, 0.4) is 0 Å². The summed E-state index contributed by atoms with van der Waals surface area (Å²) in [6, 6.07) is 11.4. The minimum absolute atomic E-state index is 0.197. The summed E-state index contributed by atoms with van der Waals surface area (Å²) in [5, 5.41) is 4.60. The number of rotatable bonds is 4. The maximum absolute atomic E-state index is 6.17. The number of hydrogen-bond donors (Lipinski definition) is 0. The van der Waals surface area contributed by atoms with Gasteiger partial charge < -0.3 is 14.2 Å². The fourth-order valence-electron chi connectivity index (χ4n) is 2.53. The van der Waals surface area contributed by atoms with E-state index in [0.717, 1.165) is 22.7 Å². The Balaban J connectivity index is 1.47. The molecule has 0 spiro atoms. The number of hydrogen-bond acceptors (Lipinski definition) is 5. The molecule has 1 aromatic heterocycles. The number of nitrogens with zero attached hydrogens (tertiary/aromatic N) is 3. The number of benzene rings is 2. The van der Waals surface area contributed by atoms with Crippen LogP contribution in [0.15, 0.2) is 42.7 Å². The number of ether oxygens (including phenoxy) is 3. The van der Waals surface area contributed by atoms with Gasteiger partial charge in [-0.15, -0.1) is 0 Å². The molecule has 0 unspecified atom stereocenters. The summed E-state index contributed by atoms with van der Waals surface area (Å²) >= 11 is 6.17. The van der Waals surface area contributed by atoms with Gasteiger partial charge in [0, 0.05) is 12.6 Å². The summed E-state index contributed by atoms with van der Waals surface area (Å²) in [4.78, 5) is 4.22. The summed E-state index contributed by atoms with van der Waals surface area (Å²) in [7, 11) is 1.86. The van der Waals surface area contributed by atoms with Gasteiger partial charge in [-0.1, -0.05) is 11.6 Å². The van der Waals surface area contributed by atoms with Crippen molar-refractivity contribution < 1.29 is 14.2 Å². The molecule has 0 saturated heterocycles. The van der Waals surface area contributed by atoms with Gasteiger partial charge in [0.05, 0.1) is 5.02 Å². The summed E-state index contributed by atoms with van der Waals surface area (Å²) in [6.07, 6.45) is 1.53. The summed E-state index contributed by atoms with van der Waals surface area (Å²) in [6.45, 7) is 0.586. The molecule has 7 heteroatoms. The second-order valence-corrected chi connectivity index (χ2v) is 5.74. The van der Waals surface area contributed by atoms with E-state index in [1.54, 1.807) is 4.68 Å². The Morgan fingerprint density at radius 2 is 2.04 bits per heavy atom. The maximum Gasteiger partial charge on any atom is 0.231 e. The molecule has 1 aliphatic rings. The van der Waals surface area contributed by atoms with E-state index in [2.05, 4.69) is 10.1 Å². The minimum Gasteiger partial charge on any atom is -0.489 e. The van der Waals surface area contributed by atoms with E-state index in [1.165, 1.54) is 6.33 Å². The van der Waals surface area contributed by atoms with Crippen LogP contribution in [-0.2, 0) is 13.7 Å². The molecule has 0 radical (unpaired) electrons. The lowest BCUT2D eigenvalue weighted by atomic mass is 10.2. The van der Waals surface area contributed by atoms with E-state index in [4.69, 9.17) is 25.8 Å². The molecule has 0 aliphatic carbocycles. The standard InChI is InChI=1S/C17H14ClN3O3/c1-21-17(19-9-20-21)12-2-4-13(5-3-12)22-8-11-6-14(18)16-15(7-11)23-10-24-16/h2-7,9H,8,10H2,1H3. The Hall–Kier alpha value is -2.73. The first-order valence-electron chi connectivity index (χ1n) is 7.36. The largest absolute Gasteiger partial charge is 0.489 e. The zero-order valence-electron chi connectivity index (χ0n) is 12.9. The number of aromatic nitrogens is 3. The second-order valence-electron chi connectivity index (χ2n) is 5.33. The monoisotopic (exact) mass is 343 g/mol. The Morgan fingerprint density at radius 3 is 2.79 bits per heavy atom. The van der Waals surface area contributed by atoms with Crippen LogP contribution in [0.25, 0.3) is 11.4 Å². The van der Waals surface area contributed by atoms with E-state index in [1.807, 2.05) is 43.4 Å². The SMILES string of the molecule is Cn1ncnc1-c1ccc(OCc2cc(Cl)c3c(c2)OCO3)cc1. The van der Waals surface area contributed by atoms with Crippen LogP contribution in [0, 0.1) is 0 Å². The van der Waals surface area contributed by atoms with Crippen LogP contribution >= 0.6 is 11.6 Å². The Kier molecular flexibility index (Phi) is 3.74. The third kappa shape index (κ3) is 2.76. The maximum atomic E-state index is 6.17. The van der Waals surface area contributed by atoms with Gasteiger partial charge >= 0.3 is 0 Å². The van der Waals surface area contributed by atoms with Gasteiger partial charge in [0.25, 0.3) is 0 Å². The van der Waals surface area contributed by atoms with Gasteiger partial charge in [-0.25, -0.2) is 9.67 Å². The quantitative estimate of drug-likeness (QED) is 0.726. The van der Waals surface area contributed by atoms with Gasteiger partial charge in [-0.3, -0.25) is 0 Å². The van der Waals surface area contributed by atoms with E-state index < -0.39 is 0 Å². The Bertz CT molecular complexity index is 877. The Labute approximate surface area is 143 Å². The normalized spacial score (nSPS) is 12.4. The third-order valence-corrected chi connectivity index (χ3v) is 4.00. The molecule has 0 bridgehead atoms. The first-order valence-corrected chi connectivity index (χ1v) is 7.74. The van der Waals surface area contributed by atoms with Crippen molar-refractivity contribution in [2.45, 2.75) is 6.61 Å². The predicted octanol–water partition coefficient (Wildman–Crippen LogP) is 3.44. The lowest BCUT2D eigenvalue weighted by molar-refractivity contribution is 0.174. The van der Waals surface area contributed by atoms with Gasteiger partial charge in [-0.05, 0) is 42.0 Å². The molecule has 0 N–H and O–H groups in total. The minimum atomic E-state index is 0.197. The van der Waals surface area contributed by atoms with Crippen LogP contribution in [0.2, 0.25) is 5.02 Å². The lowest BCUT2D eigenvalue weighted by Gasteiger charge is -2.09. The molecule has 1 aliphatic heterocycles. The molecule has 2 aromatic carbocycles. The molecule has 0 fully saturated rings. The molecule has 2 heterocycles. The highest BCUT2D eigenvalue weighted by molar-refractivity contribution is 6.32. The van der Waals surface area contributed by atoms with Crippen molar-refractivity contribution in [3.8, 4) is 28.6 Å². The molecule has 3 aromatic rings. The first kappa shape index (κ1) is 14.8. The van der Waals surface area contributed by atoms with Gasteiger partial charge in [-0.2, -0.15) is 5.10 Å². The second kappa shape index (κ2) is 6.05. The molecule has 122 valence electrons. The van der Waals surface area contributed by atoms with Crippen molar-refractivity contribution >= 4 is 11.6 Å². The van der Waals surface area contributed by atoms with Gasteiger partial charge in [0.2, 0.25) is 6.79 Å². The number of halogens is 1. The van der Waals surface area contributed by atoms with Gasteiger partial charge in [0.15, 0.2) is 17.3 Å². The third-order valence-electron chi connectivity index (χ3n) is 3.72. The topological polar surface area (TPSA) is 58.4 Å². The van der Waals surface area contributed by atoms with Crippen molar-refractivity contribution in [1.29, 1.82) is 0 Å². The van der Waals surface area contributed by atoms with Crippen LogP contribution in [0.1, 0.15) is 5.56 Å². The van der Waals surface area contributed by atoms with E-state index in [9.17, 15) is 0 Å². The molecule has 4 rings (SSSR count). The van der Waals surface area contributed by atoms with Crippen LogP contribution in [0.4, 0.5) is 0 Å². The zero-order chi connectivity index (χ0) is 16.5. The zero-order valence-corrected chi connectivity index (χ0v) is 13.7. The molecular weight excluding hydrogens is 330 g/mol. The van der Waals surface area contributed by atoms with Crippen LogP contribution in [0.5, 0.6) is 17.2 Å². The highest BCUT2D eigenvalue weighted by atomic mass is 35.5. The predicted molar refractivity (Wildman–Crippen MR) is 88.3 cm³/mol. The Morgan fingerprint density at radius 1 is 1.21 bits per heavy atom. The smallest absolute Gasteiger partial charge is 0.231 e. The van der Waals surface area contributed by atoms with E-state index in [-0.39, 0.29) is 6.79 Å². The van der Waals surface area contributed by atoms with Crippen LogP contribution < -0.4 is 14.2 Å². The molecule has 0 atom stereocenters. The number of aryl methyl sites for hydroxylation is 1. The summed E-state index contributed by atoms with van der Waals surface area (Å²) < 4.78 is 18.2. The molecule has 6 nitrogen and oxygen atoms in total. The van der Waals surface area contributed by atoms with Crippen molar-refractivity contribution in [3.05, 3.63) is 53.3 Å². The molecule has 24 heavy (non-hydrogen) atoms. The van der Waals surface area contributed by atoms with Gasteiger partial charge in [0.1, 0.15) is 18.7 Å². The van der Waals surface area contributed by atoms with Crippen molar-refractivity contribution in [2.75, 3.05) is 6.79 Å². The highest BCUT2D eigenvalue weighted by Crippen LogP contribution is 2.40. The van der Waals surface area contributed by atoms with Crippen molar-refractivity contribution in [2.24, 2.45) is 7.05 Å².